The molecule has 1 nitrogen and oxygen atoms in total. The molecule has 5 rings (SSSR count). The molecule has 0 heterocycles. The first kappa shape index (κ1) is 32.9. The molecular weight excluding hydrogens is 587 g/mol. The summed E-state index contributed by atoms with van der Waals surface area (Å²) in [5.41, 5.74) is 9.40. The van der Waals surface area contributed by atoms with Crippen LogP contribution >= 0.6 is 0 Å². The van der Waals surface area contributed by atoms with E-state index in [0.29, 0.717) is 0 Å². The van der Waals surface area contributed by atoms with Gasteiger partial charge in [-0.05, 0) is 71.1 Å². The Labute approximate surface area is 279 Å². The Bertz CT molecular complexity index is 1680. The van der Waals surface area contributed by atoms with Crippen molar-refractivity contribution in [1.82, 2.24) is 0 Å². The van der Waals surface area contributed by atoms with Gasteiger partial charge in [0.15, 0.2) is 0 Å². The number of hydrogen-bond acceptors (Lipinski definition) is 1. The van der Waals surface area contributed by atoms with Gasteiger partial charge in [0, 0.05) is 17.1 Å². The summed E-state index contributed by atoms with van der Waals surface area (Å²) in [6.45, 7) is 16.4. The van der Waals surface area contributed by atoms with Gasteiger partial charge in [-0.1, -0.05) is 171 Å². The average Bonchev–Trinajstić information content (AvgIpc) is 3.05. The normalized spacial score (nSPS) is 12.4. The maximum Gasteiger partial charge on any atom is 0.0775 e. The van der Waals surface area contributed by atoms with Crippen LogP contribution in [0.25, 0.3) is 30.4 Å². The zero-order valence-corrected chi connectivity index (χ0v) is 30.5. The Morgan fingerprint density at radius 3 is 0.826 bits per heavy atom. The molecule has 0 atom stereocenters. The Morgan fingerprint density at radius 1 is 0.348 bits per heavy atom. The van der Waals surface area contributed by atoms with E-state index in [1.807, 2.05) is 0 Å². The molecule has 0 unspecified atom stereocenters. The van der Waals surface area contributed by atoms with Crippen molar-refractivity contribution in [3.63, 3.8) is 0 Å². The SMILES string of the molecule is C/C=C/c1ccc(N(c2ccc(/C=C/c3ccc([Si](C)(C)C)cc3)cc2)c2ccc(/C=C/c3ccc([Si](C)(C)C)cc3)cc2)cc1. The first-order chi connectivity index (χ1) is 22.0. The van der Waals surface area contributed by atoms with E-state index in [1.54, 1.807) is 0 Å². The third-order valence-corrected chi connectivity index (χ3v) is 12.4. The maximum atomic E-state index is 2.39. The van der Waals surface area contributed by atoms with E-state index >= 15 is 0 Å². The number of benzene rings is 5. The summed E-state index contributed by atoms with van der Waals surface area (Å²) in [5, 5.41) is 2.98. The predicted molar refractivity (Wildman–Crippen MR) is 213 cm³/mol. The topological polar surface area (TPSA) is 3.24 Å². The molecule has 232 valence electrons. The number of allylic oxidation sites excluding steroid dienone is 1. The van der Waals surface area contributed by atoms with Crippen LogP contribution in [-0.2, 0) is 0 Å². The molecule has 46 heavy (non-hydrogen) atoms. The molecule has 0 fully saturated rings. The number of anilines is 3. The Kier molecular flexibility index (Phi) is 10.3. The van der Waals surface area contributed by atoms with Crippen LogP contribution in [0.2, 0.25) is 39.3 Å². The van der Waals surface area contributed by atoms with E-state index < -0.39 is 16.1 Å². The second-order valence-electron chi connectivity index (χ2n) is 14.0. The van der Waals surface area contributed by atoms with Crippen LogP contribution in [0.15, 0.2) is 127 Å². The van der Waals surface area contributed by atoms with Crippen molar-refractivity contribution < 1.29 is 0 Å². The minimum absolute atomic E-state index is 1.13. The highest BCUT2D eigenvalue weighted by atomic mass is 28.3. The van der Waals surface area contributed by atoms with Crippen molar-refractivity contribution in [2.75, 3.05) is 4.90 Å². The third-order valence-electron chi connectivity index (χ3n) is 8.30. The van der Waals surface area contributed by atoms with Gasteiger partial charge < -0.3 is 4.90 Å². The van der Waals surface area contributed by atoms with Gasteiger partial charge in [-0.2, -0.15) is 0 Å². The van der Waals surface area contributed by atoms with Gasteiger partial charge in [-0.25, -0.2) is 0 Å². The molecule has 0 saturated heterocycles. The zero-order chi connectivity index (χ0) is 32.7. The summed E-state index contributed by atoms with van der Waals surface area (Å²) in [6.07, 6.45) is 13.0. The molecule has 0 saturated carbocycles. The molecule has 0 bridgehead atoms. The lowest BCUT2D eigenvalue weighted by atomic mass is 10.1. The average molecular weight is 634 g/mol. The van der Waals surface area contributed by atoms with E-state index in [2.05, 4.69) is 209 Å². The standard InChI is InChI=1S/C43H47NSi2/c1-8-9-34-14-24-39(25-15-34)44(40-26-16-35(17-27-40)10-12-37-20-30-42(31-21-37)45(2,3)4)41-28-18-36(19-29-41)11-13-38-22-32-43(33-23-38)46(5,6)7/h8-33H,1-7H3/b9-8+,12-10+,13-11+. The Balaban J connectivity index is 1.38. The third kappa shape index (κ3) is 8.63. The number of rotatable bonds is 10. The van der Waals surface area contributed by atoms with Gasteiger partial charge in [0.25, 0.3) is 0 Å². The second kappa shape index (κ2) is 14.3. The molecule has 0 N–H and O–H groups in total. The van der Waals surface area contributed by atoms with Crippen molar-refractivity contribution in [3.8, 4) is 0 Å². The summed E-state index contributed by atoms with van der Waals surface area (Å²) in [7, 11) is -2.57. The summed E-state index contributed by atoms with van der Waals surface area (Å²) in [5.74, 6) is 0. The van der Waals surface area contributed by atoms with Crippen LogP contribution in [0.1, 0.15) is 34.7 Å². The first-order valence-electron chi connectivity index (χ1n) is 16.3. The van der Waals surface area contributed by atoms with Gasteiger partial charge >= 0.3 is 0 Å². The molecule has 5 aromatic carbocycles. The maximum absolute atomic E-state index is 2.39. The minimum Gasteiger partial charge on any atom is -0.311 e. The molecule has 0 spiro atoms. The smallest absolute Gasteiger partial charge is 0.0775 e. The van der Waals surface area contributed by atoms with Crippen molar-refractivity contribution >= 4 is 74.0 Å². The van der Waals surface area contributed by atoms with Crippen molar-refractivity contribution in [3.05, 3.63) is 155 Å². The lowest BCUT2D eigenvalue weighted by Crippen LogP contribution is -2.37. The van der Waals surface area contributed by atoms with E-state index in [0.717, 1.165) is 17.1 Å². The highest BCUT2D eigenvalue weighted by Crippen LogP contribution is 2.35. The van der Waals surface area contributed by atoms with Gasteiger partial charge in [-0.3, -0.25) is 0 Å². The van der Waals surface area contributed by atoms with E-state index in [4.69, 9.17) is 0 Å². The highest BCUT2D eigenvalue weighted by molar-refractivity contribution is 6.89. The Hall–Kier alpha value is -4.45. The summed E-state index contributed by atoms with van der Waals surface area (Å²) in [4.78, 5) is 2.32. The summed E-state index contributed by atoms with van der Waals surface area (Å²) < 4.78 is 0. The van der Waals surface area contributed by atoms with Crippen LogP contribution < -0.4 is 15.3 Å². The van der Waals surface area contributed by atoms with Crippen LogP contribution in [0, 0.1) is 0 Å². The fraction of sp³-hybridized carbons (Fsp3) is 0.163. The highest BCUT2D eigenvalue weighted by Gasteiger charge is 2.16. The van der Waals surface area contributed by atoms with Gasteiger partial charge in [-0.15, -0.1) is 0 Å². The summed E-state index contributed by atoms with van der Waals surface area (Å²) >= 11 is 0. The molecule has 0 radical (unpaired) electrons. The zero-order valence-electron chi connectivity index (χ0n) is 28.5. The van der Waals surface area contributed by atoms with E-state index in [-0.39, 0.29) is 0 Å². The fourth-order valence-corrected chi connectivity index (χ4v) is 7.75. The van der Waals surface area contributed by atoms with Crippen LogP contribution in [0.4, 0.5) is 17.1 Å². The van der Waals surface area contributed by atoms with Crippen LogP contribution in [0.5, 0.6) is 0 Å². The first-order valence-corrected chi connectivity index (χ1v) is 23.3. The quantitative estimate of drug-likeness (QED) is 0.109. The van der Waals surface area contributed by atoms with Crippen LogP contribution in [0.3, 0.4) is 0 Å². The van der Waals surface area contributed by atoms with Gasteiger partial charge in [0.05, 0.1) is 16.1 Å². The van der Waals surface area contributed by atoms with Gasteiger partial charge in [0.1, 0.15) is 0 Å². The Morgan fingerprint density at radius 2 is 0.587 bits per heavy atom. The molecule has 0 aromatic heterocycles. The molecule has 0 amide bonds. The molecule has 5 aromatic rings. The predicted octanol–water partition coefficient (Wildman–Crippen LogP) is 11.6. The minimum atomic E-state index is -1.29. The lowest BCUT2D eigenvalue weighted by molar-refractivity contribution is 1.28. The molecule has 0 aliphatic carbocycles. The van der Waals surface area contributed by atoms with Gasteiger partial charge in [0.2, 0.25) is 0 Å². The lowest BCUT2D eigenvalue weighted by Gasteiger charge is -2.26. The fourth-order valence-electron chi connectivity index (χ4n) is 5.42. The summed E-state index contributed by atoms with van der Waals surface area (Å²) in [6, 6.07) is 44.5. The molecule has 0 aliphatic heterocycles. The van der Waals surface area contributed by atoms with Crippen molar-refractivity contribution in [1.29, 1.82) is 0 Å². The second-order valence-corrected chi connectivity index (χ2v) is 24.2. The van der Waals surface area contributed by atoms with E-state index in [9.17, 15) is 0 Å². The molecule has 0 aliphatic rings. The van der Waals surface area contributed by atoms with E-state index in [1.165, 1.54) is 38.2 Å². The molecule has 3 heteroatoms. The van der Waals surface area contributed by atoms with Crippen molar-refractivity contribution in [2.45, 2.75) is 46.2 Å². The number of nitrogens with zero attached hydrogens (tertiary/aromatic N) is 1. The number of hydrogen-bond donors (Lipinski definition) is 0. The monoisotopic (exact) mass is 633 g/mol. The molecular formula is C43H47NSi2. The van der Waals surface area contributed by atoms with Crippen LogP contribution in [-0.4, -0.2) is 16.1 Å². The largest absolute Gasteiger partial charge is 0.311 e. The van der Waals surface area contributed by atoms with Crippen molar-refractivity contribution in [2.24, 2.45) is 0 Å².